The maximum absolute atomic E-state index is 12.5. The minimum atomic E-state index is -0.429. The molecule has 2 aromatic carbocycles. The van der Waals surface area contributed by atoms with Crippen molar-refractivity contribution in [1.29, 1.82) is 0 Å². The van der Waals surface area contributed by atoms with Gasteiger partial charge in [-0.3, -0.25) is 9.59 Å². The molecule has 0 aliphatic carbocycles. The highest BCUT2D eigenvalue weighted by molar-refractivity contribution is 6.08. The molecule has 0 aliphatic heterocycles. The largest absolute Gasteiger partial charge is 0.352 e. The maximum atomic E-state index is 12.5. The molecular weight excluding hydrogens is 342 g/mol. The molecule has 1 heterocycles. The first-order chi connectivity index (χ1) is 13.0. The molecule has 0 atom stereocenters. The molecule has 7 heteroatoms. The average molecular weight is 363 g/mol. The molecule has 0 bridgehead atoms. The van der Waals surface area contributed by atoms with Crippen molar-refractivity contribution in [1.82, 2.24) is 20.3 Å². The zero-order valence-electron chi connectivity index (χ0n) is 15.2. The lowest BCUT2D eigenvalue weighted by Gasteiger charge is -2.11. The Morgan fingerprint density at radius 2 is 1.70 bits per heavy atom. The number of benzene rings is 2. The number of amides is 2. The Kier molecular flexibility index (Phi) is 5.61. The van der Waals surface area contributed by atoms with Crippen LogP contribution in [0.3, 0.4) is 0 Å². The van der Waals surface area contributed by atoms with Crippen LogP contribution >= 0.6 is 0 Å². The molecular formula is C20H21N5O2. The molecule has 0 spiro atoms. The molecule has 0 unspecified atom stereocenters. The number of para-hydroxylation sites is 2. The van der Waals surface area contributed by atoms with Crippen LogP contribution < -0.4 is 10.6 Å². The number of anilines is 1. The normalized spacial score (nSPS) is 10.6. The monoisotopic (exact) mass is 363 g/mol. The van der Waals surface area contributed by atoms with Gasteiger partial charge in [0.15, 0.2) is 5.69 Å². The van der Waals surface area contributed by atoms with E-state index in [1.807, 2.05) is 44.2 Å². The number of rotatable bonds is 6. The van der Waals surface area contributed by atoms with Gasteiger partial charge in [0.05, 0.1) is 23.1 Å². The molecule has 1 aromatic heterocycles. The van der Waals surface area contributed by atoms with Gasteiger partial charge >= 0.3 is 0 Å². The van der Waals surface area contributed by atoms with Gasteiger partial charge in [0.1, 0.15) is 0 Å². The average Bonchev–Trinajstić information content (AvgIpc) is 3.17. The molecule has 3 aromatic rings. The van der Waals surface area contributed by atoms with E-state index in [9.17, 15) is 9.59 Å². The Morgan fingerprint density at radius 3 is 2.44 bits per heavy atom. The first-order valence-corrected chi connectivity index (χ1v) is 8.71. The summed E-state index contributed by atoms with van der Waals surface area (Å²) in [5, 5.41) is 13.9. The van der Waals surface area contributed by atoms with Crippen LogP contribution in [0.1, 0.15) is 34.7 Å². The van der Waals surface area contributed by atoms with Crippen LogP contribution in [0, 0.1) is 5.92 Å². The third kappa shape index (κ3) is 4.58. The third-order valence-electron chi connectivity index (χ3n) is 3.80. The van der Waals surface area contributed by atoms with Crippen molar-refractivity contribution in [3.8, 4) is 5.69 Å². The maximum Gasteiger partial charge on any atom is 0.277 e. The smallest absolute Gasteiger partial charge is 0.277 e. The second-order valence-corrected chi connectivity index (χ2v) is 6.46. The fourth-order valence-electron chi connectivity index (χ4n) is 2.42. The van der Waals surface area contributed by atoms with Crippen molar-refractivity contribution < 1.29 is 9.59 Å². The van der Waals surface area contributed by atoms with Crippen molar-refractivity contribution in [2.45, 2.75) is 13.8 Å². The molecule has 7 nitrogen and oxygen atoms in total. The van der Waals surface area contributed by atoms with E-state index in [-0.39, 0.29) is 11.6 Å². The van der Waals surface area contributed by atoms with Gasteiger partial charge in [-0.05, 0) is 30.2 Å². The van der Waals surface area contributed by atoms with Crippen LogP contribution in [-0.2, 0) is 0 Å². The summed E-state index contributed by atoms with van der Waals surface area (Å²) in [6.45, 7) is 4.60. The Morgan fingerprint density at radius 1 is 1.00 bits per heavy atom. The Labute approximate surface area is 157 Å². The quantitative estimate of drug-likeness (QED) is 0.705. The minimum absolute atomic E-state index is 0.163. The topological polar surface area (TPSA) is 88.9 Å². The zero-order chi connectivity index (χ0) is 19.2. The van der Waals surface area contributed by atoms with E-state index in [2.05, 4.69) is 20.8 Å². The number of aromatic nitrogens is 3. The molecule has 27 heavy (non-hydrogen) atoms. The molecule has 2 N–H and O–H groups in total. The van der Waals surface area contributed by atoms with Gasteiger partial charge in [-0.15, -0.1) is 5.10 Å². The first kappa shape index (κ1) is 18.3. The van der Waals surface area contributed by atoms with Gasteiger partial charge in [0.2, 0.25) is 0 Å². The predicted molar refractivity (Wildman–Crippen MR) is 103 cm³/mol. The summed E-state index contributed by atoms with van der Waals surface area (Å²) >= 11 is 0. The summed E-state index contributed by atoms with van der Waals surface area (Å²) in [7, 11) is 0. The highest BCUT2D eigenvalue weighted by Crippen LogP contribution is 2.16. The van der Waals surface area contributed by atoms with Gasteiger partial charge in [0.25, 0.3) is 11.8 Å². The van der Waals surface area contributed by atoms with Crippen LogP contribution in [0.4, 0.5) is 5.69 Å². The second-order valence-electron chi connectivity index (χ2n) is 6.46. The van der Waals surface area contributed by atoms with Crippen molar-refractivity contribution in [2.24, 2.45) is 5.92 Å². The highest BCUT2D eigenvalue weighted by Gasteiger charge is 2.16. The first-order valence-electron chi connectivity index (χ1n) is 8.71. The number of hydrogen-bond donors (Lipinski definition) is 2. The minimum Gasteiger partial charge on any atom is -0.352 e. The Balaban J connectivity index is 1.75. The molecule has 0 saturated heterocycles. The van der Waals surface area contributed by atoms with E-state index >= 15 is 0 Å². The number of carbonyl (C=O) groups is 2. The Hall–Kier alpha value is -3.48. The molecule has 0 radical (unpaired) electrons. The van der Waals surface area contributed by atoms with Crippen LogP contribution in [0.15, 0.2) is 60.8 Å². The number of nitrogens with zero attached hydrogens (tertiary/aromatic N) is 3. The van der Waals surface area contributed by atoms with E-state index in [4.69, 9.17) is 0 Å². The van der Waals surface area contributed by atoms with Crippen molar-refractivity contribution >= 4 is 17.5 Å². The zero-order valence-corrected chi connectivity index (χ0v) is 15.2. The molecule has 3 rings (SSSR count). The summed E-state index contributed by atoms with van der Waals surface area (Å²) in [5.74, 6) is -0.322. The summed E-state index contributed by atoms with van der Waals surface area (Å²) in [6, 6.07) is 16.2. The van der Waals surface area contributed by atoms with Gasteiger partial charge in [-0.2, -0.15) is 9.90 Å². The summed E-state index contributed by atoms with van der Waals surface area (Å²) in [5.41, 5.74) is 1.75. The third-order valence-corrected chi connectivity index (χ3v) is 3.80. The van der Waals surface area contributed by atoms with Crippen molar-refractivity contribution in [3.63, 3.8) is 0 Å². The fourth-order valence-corrected chi connectivity index (χ4v) is 2.42. The van der Waals surface area contributed by atoms with E-state index < -0.39 is 5.91 Å². The summed E-state index contributed by atoms with van der Waals surface area (Å²) < 4.78 is 0. The van der Waals surface area contributed by atoms with Gasteiger partial charge in [0, 0.05) is 6.54 Å². The standard InChI is InChI=1S/C20H21N5O2/c1-14(2)12-21-19(26)16-10-6-7-11-17(16)23-20(27)18-13-22-25(24-18)15-8-4-3-5-9-15/h3-11,13-14H,12H2,1-2H3,(H,21,26)(H,23,27). The molecule has 138 valence electrons. The lowest BCUT2D eigenvalue weighted by atomic mass is 10.1. The second kappa shape index (κ2) is 8.27. The summed E-state index contributed by atoms with van der Waals surface area (Å²) in [6.07, 6.45) is 1.39. The van der Waals surface area contributed by atoms with Crippen LogP contribution in [-0.4, -0.2) is 33.4 Å². The highest BCUT2D eigenvalue weighted by atomic mass is 16.2. The number of carbonyl (C=O) groups excluding carboxylic acids is 2. The number of nitrogens with one attached hydrogen (secondary N) is 2. The Bertz CT molecular complexity index is 934. The summed E-state index contributed by atoms with van der Waals surface area (Å²) in [4.78, 5) is 26.3. The lowest BCUT2D eigenvalue weighted by molar-refractivity contribution is 0.0950. The fraction of sp³-hybridized carbons (Fsp3) is 0.200. The van der Waals surface area contributed by atoms with E-state index in [0.29, 0.717) is 23.7 Å². The molecule has 0 saturated carbocycles. The van der Waals surface area contributed by atoms with Crippen molar-refractivity contribution in [3.05, 3.63) is 72.1 Å². The number of hydrogen-bond acceptors (Lipinski definition) is 4. The SMILES string of the molecule is CC(C)CNC(=O)c1ccccc1NC(=O)c1cnn(-c2ccccc2)n1. The van der Waals surface area contributed by atoms with Gasteiger partial charge in [-0.1, -0.05) is 44.2 Å². The predicted octanol–water partition coefficient (Wildman–Crippen LogP) is 2.91. The van der Waals surface area contributed by atoms with Gasteiger partial charge < -0.3 is 10.6 Å². The van der Waals surface area contributed by atoms with Crippen LogP contribution in [0.5, 0.6) is 0 Å². The van der Waals surface area contributed by atoms with Crippen LogP contribution in [0.2, 0.25) is 0 Å². The van der Waals surface area contributed by atoms with Crippen LogP contribution in [0.25, 0.3) is 5.69 Å². The van der Waals surface area contributed by atoms with E-state index in [1.54, 1.807) is 24.3 Å². The molecule has 2 amide bonds. The van der Waals surface area contributed by atoms with E-state index in [0.717, 1.165) is 5.69 Å². The van der Waals surface area contributed by atoms with Gasteiger partial charge in [-0.25, -0.2) is 0 Å². The van der Waals surface area contributed by atoms with E-state index in [1.165, 1.54) is 11.0 Å². The molecule has 0 fully saturated rings. The lowest BCUT2D eigenvalue weighted by Crippen LogP contribution is -2.28. The molecule has 0 aliphatic rings. The van der Waals surface area contributed by atoms with Crippen molar-refractivity contribution in [2.75, 3.05) is 11.9 Å².